The number of aromatic nitrogens is 3. The normalized spacial score (nSPS) is 17.8. The van der Waals surface area contributed by atoms with Crippen LogP contribution in [0.1, 0.15) is 30.3 Å². The Morgan fingerprint density at radius 3 is 3.12 bits per heavy atom. The van der Waals surface area contributed by atoms with E-state index < -0.39 is 0 Å². The number of nitrogens with zero attached hydrogens (tertiary/aromatic N) is 4. The molecule has 0 aromatic carbocycles. The zero-order chi connectivity index (χ0) is 16.9. The molecule has 1 aliphatic rings. The number of hydrogen-bond donors (Lipinski definition) is 1. The number of aryl methyl sites for hydroxylation is 1. The van der Waals surface area contributed by atoms with E-state index in [0.717, 1.165) is 42.2 Å². The first-order chi connectivity index (χ1) is 11.6. The van der Waals surface area contributed by atoms with E-state index in [1.807, 2.05) is 13.0 Å². The Kier molecular flexibility index (Phi) is 5.05. The van der Waals surface area contributed by atoms with Gasteiger partial charge in [-0.25, -0.2) is 4.63 Å². The van der Waals surface area contributed by atoms with Gasteiger partial charge in [0.1, 0.15) is 23.2 Å². The lowest BCUT2D eigenvalue weighted by Crippen LogP contribution is -2.26. The molecule has 8 nitrogen and oxygen atoms in total. The highest BCUT2D eigenvalue weighted by Crippen LogP contribution is 2.22. The van der Waals surface area contributed by atoms with Crippen molar-refractivity contribution in [2.75, 3.05) is 13.1 Å². The van der Waals surface area contributed by atoms with Crippen LogP contribution in [0.3, 0.4) is 0 Å². The van der Waals surface area contributed by atoms with Gasteiger partial charge in [-0.3, -0.25) is 14.7 Å². The summed E-state index contributed by atoms with van der Waals surface area (Å²) in [6.45, 7) is 6.27. The van der Waals surface area contributed by atoms with Crippen molar-refractivity contribution >= 4 is 5.91 Å². The monoisotopic (exact) mass is 331 g/mol. The summed E-state index contributed by atoms with van der Waals surface area (Å²) in [6.07, 6.45) is 4.42. The van der Waals surface area contributed by atoms with E-state index in [2.05, 4.69) is 25.5 Å². The van der Waals surface area contributed by atoms with Crippen molar-refractivity contribution in [2.24, 2.45) is 0 Å². The Labute approximate surface area is 140 Å². The number of likely N-dealkylation sites (tertiary alicyclic amines) is 1. The van der Waals surface area contributed by atoms with E-state index >= 15 is 0 Å². The zero-order valence-corrected chi connectivity index (χ0v) is 13.9. The van der Waals surface area contributed by atoms with Crippen molar-refractivity contribution in [1.82, 2.24) is 25.5 Å². The summed E-state index contributed by atoms with van der Waals surface area (Å²) in [6, 6.07) is 1.86. The van der Waals surface area contributed by atoms with Crippen molar-refractivity contribution in [2.45, 2.75) is 39.5 Å². The van der Waals surface area contributed by atoms with Gasteiger partial charge in [0.05, 0.1) is 6.20 Å². The molecule has 0 aliphatic carbocycles. The third-order valence-corrected chi connectivity index (χ3v) is 4.04. The molecule has 128 valence electrons. The number of carbonyl (C=O) groups excluding carboxylic acids is 1. The summed E-state index contributed by atoms with van der Waals surface area (Å²) in [5.74, 6) is 0.652. The fourth-order valence-electron chi connectivity index (χ4n) is 2.70. The van der Waals surface area contributed by atoms with Gasteiger partial charge in [-0.15, -0.1) is 0 Å². The predicted octanol–water partition coefficient (Wildman–Crippen LogP) is 1.06. The predicted molar refractivity (Wildman–Crippen MR) is 85.1 cm³/mol. The fourth-order valence-corrected chi connectivity index (χ4v) is 2.70. The molecule has 2 aromatic heterocycles. The number of hydrogen-bond acceptors (Lipinski definition) is 7. The molecule has 1 saturated heterocycles. The summed E-state index contributed by atoms with van der Waals surface area (Å²) >= 11 is 0. The van der Waals surface area contributed by atoms with E-state index in [4.69, 9.17) is 9.37 Å². The highest BCUT2D eigenvalue weighted by molar-refractivity contribution is 5.72. The molecule has 3 rings (SSSR count). The number of ether oxygens (including phenoxy) is 1. The van der Waals surface area contributed by atoms with E-state index in [1.165, 1.54) is 6.92 Å². The summed E-state index contributed by atoms with van der Waals surface area (Å²) in [5, 5.41) is 10.5. The number of amides is 1. The van der Waals surface area contributed by atoms with Crippen molar-refractivity contribution in [1.29, 1.82) is 0 Å². The first-order valence-corrected chi connectivity index (χ1v) is 7.96. The second-order valence-corrected chi connectivity index (χ2v) is 5.95. The van der Waals surface area contributed by atoms with Crippen molar-refractivity contribution in [3.05, 3.63) is 35.4 Å². The standard InChI is InChI=1S/C16H21N5O3/c1-11-15(20-24-19-11)10-21-6-4-14(9-21)23-16-8-17-5-3-13(16)7-18-12(2)22/h3,5,8,14H,4,6-7,9-10H2,1-2H3,(H,18,22)/t14-/m0/s1. The molecule has 0 radical (unpaired) electrons. The Morgan fingerprint density at radius 2 is 2.38 bits per heavy atom. The van der Waals surface area contributed by atoms with Crippen LogP contribution in [0, 0.1) is 6.92 Å². The van der Waals surface area contributed by atoms with E-state index in [-0.39, 0.29) is 12.0 Å². The highest BCUT2D eigenvalue weighted by atomic mass is 16.6. The number of rotatable bonds is 6. The maximum absolute atomic E-state index is 11.1. The first kappa shape index (κ1) is 16.4. The Balaban J connectivity index is 1.57. The minimum absolute atomic E-state index is 0.0682. The molecule has 1 atom stereocenters. The van der Waals surface area contributed by atoms with Gasteiger partial charge in [-0.1, -0.05) is 10.3 Å². The van der Waals surface area contributed by atoms with Gasteiger partial charge in [0.2, 0.25) is 5.91 Å². The number of pyridine rings is 1. The zero-order valence-electron chi connectivity index (χ0n) is 13.9. The van der Waals surface area contributed by atoms with E-state index in [0.29, 0.717) is 13.1 Å². The summed E-state index contributed by atoms with van der Waals surface area (Å²) in [7, 11) is 0. The third kappa shape index (κ3) is 4.08. The van der Waals surface area contributed by atoms with Gasteiger partial charge in [-0.05, 0) is 19.4 Å². The second kappa shape index (κ2) is 7.39. The largest absolute Gasteiger partial charge is 0.487 e. The first-order valence-electron chi connectivity index (χ1n) is 7.96. The molecule has 0 spiro atoms. The van der Waals surface area contributed by atoms with Crippen LogP contribution in [-0.2, 0) is 17.9 Å². The van der Waals surface area contributed by atoms with Gasteiger partial charge in [0.25, 0.3) is 0 Å². The third-order valence-electron chi connectivity index (χ3n) is 4.04. The van der Waals surface area contributed by atoms with Gasteiger partial charge in [0.15, 0.2) is 0 Å². The van der Waals surface area contributed by atoms with Crippen molar-refractivity contribution in [3.63, 3.8) is 0 Å². The van der Waals surface area contributed by atoms with Crippen LogP contribution in [0.25, 0.3) is 0 Å². The average Bonchev–Trinajstić information content (AvgIpc) is 3.16. The van der Waals surface area contributed by atoms with Crippen LogP contribution < -0.4 is 10.1 Å². The van der Waals surface area contributed by atoms with Gasteiger partial charge < -0.3 is 10.1 Å². The summed E-state index contributed by atoms with van der Waals surface area (Å²) in [4.78, 5) is 17.5. The molecule has 2 aromatic rings. The highest BCUT2D eigenvalue weighted by Gasteiger charge is 2.26. The molecule has 8 heteroatoms. The molecule has 24 heavy (non-hydrogen) atoms. The second-order valence-electron chi connectivity index (χ2n) is 5.95. The fraction of sp³-hybridized carbons (Fsp3) is 0.500. The molecule has 0 unspecified atom stereocenters. The topological polar surface area (TPSA) is 93.4 Å². The van der Waals surface area contributed by atoms with Crippen LogP contribution >= 0.6 is 0 Å². The summed E-state index contributed by atoms with van der Waals surface area (Å²) < 4.78 is 10.8. The van der Waals surface area contributed by atoms with Crippen LogP contribution in [-0.4, -0.2) is 45.3 Å². The number of carbonyl (C=O) groups is 1. The molecule has 3 heterocycles. The lowest BCUT2D eigenvalue weighted by Gasteiger charge is -2.17. The molecule has 1 fully saturated rings. The SMILES string of the molecule is CC(=O)NCc1ccncc1O[C@H]1CCN(Cc2nonc2C)C1. The molecule has 1 N–H and O–H groups in total. The van der Waals surface area contributed by atoms with Crippen molar-refractivity contribution in [3.8, 4) is 5.75 Å². The van der Waals surface area contributed by atoms with Crippen LogP contribution in [0.5, 0.6) is 5.75 Å². The molecular formula is C16H21N5O3. The molecule has 0 bridgehead atoms. The lowest BCUT2D eigenvalue weighted by molar-refractivity contribution is -0.119. The Hall–Kier alpha value is -2.48. The van der Waals surface area contributed by atoms with Crippen LogP contribution in [0.4, 0.5) is 0 Å². The maximum Gasteiger partial charge on any atom is 0.217 e. The minimum Gasteiger partial charge on any atom is -0.487 e. The molecule has 0 saturated carbocycles. The smallest absolute Gasteiger partial charge is 0.217 e. The number of nitrogens with one attached hydrogen (secondary N) is 1. The van der Waals surface area contributed by atoms with Gasteiger partial charge in [0, 0.05) is 44.9 Å². The van der Waals surface area contributed by atoms with Crippen LogP contribution in [0.15, 0.2) is 23.1 Å². The van der Waals surface area contributed by atoms with Crippen LogP contribution in [0.2, 0.25) is 0 Å². The van der Waals surface area contributed by atoms with E-state index in [1.54, 1.807) is 12.4 Å². The Morgan fingerprint density at radius 1 is 1.50 bits per heavy atom. The Bertz CT molecular complexity index is 703. The lowest BCUT2D eigenvalue weighted by atomic mass is 10.2. The van der Waals surface area contributed by atoms with Gasteiger partial charge in [-0.2, -0.15) is 0 Å². The quantitative estimate of drug-likeness (QED) is 0.846. The van der Waals surface area contributed by atoms with E-state index in [9.17, 15) is 4.79 Å². The molecule has 1 aliphatic heterocycles. The molecule has 1 amide bonds. The average molecular weight is 331 g/mol. The summed E-state index contributed by atoms with van der Waals surface area (Å²) in [5.41, 5.74) is 2.61. The minimum atomic E-state index is -0.0682. The maximum atomic E-state index is 11.1. The molecular weight excluding hydrogens is 310 g/mol. The van der Waals surface area contributed by atoms with Crippen molar-refractivity contribution < 1.29 is 14.2 Å². The van der Waals surface area contributed by atoms with Gasteiger partial charge >= 0.3 is 0 Å².